The van der Waals surface area contributed by atoms with Crippen molar-refractivity contribution in [3.05, 3.63) is 57.0 Å². The molecule has 94 valence electrons. The molecular formula is C13H12BrClN2O. The summed E-state index contributed by atoms with van der Waals surface area (Å²) in [7, 11) is 1.62. The van der Waals surface area contributed by atoms with Crippen molar-refractivity contribution in [1.82, 2.24) is 9.97 Å². The molecule has 0 aliphatic carbocycles. The van der Waals surface area contributed by atoms with Crippen molar-refractivity contribution < 1.29 is 4.74 Å². The van der Waals surface area contributed by atoms with Crippen LogP contribution in [0.3, 0.4) is 0 Å². The molecule has 0 aliphatic heterocycles. The van der Waals surface area contributed by atoms with Gasteiger partial charge in [0.1, 0.15) is 11.0 Å². The summed E-state index contributed by atoms with van der Waals surface area (Å²) in [5.41, 5.74) is 1.92. The van der Waals surface area contributed by atoms with E-state index in [2.05, 4.69) is 25.9 Å². The largest absolute Gasteiger partial charge is 0.378 e. The average Bonchev–Trinajstić information content (AvgIpc) is 2.37. The maximum atomic E-state index is 6.07. The first-order valence-corrected chi connectivity index (χ1v) is 6.61. The molecule has 0 saturated heterocycles. The monoisotopic (exact) mass is 326 g/mol. The zero-order valence-corrected chi connectivity index (χ0v) is 12.2. The zero-order chi connectivity index (χ0) is 13.0. The van der Waals surface area contributed by atoms with Crippen molar-refractivity contribution in [2.75, 3.05) is 7.11 Å². The van der Waals surface area contributed by atoms with Crippen LogP contribution in [0.1, 0.15) is 17.1 Å². The maximum Gasteiger partial charge on any atom is 0.147 e. The summed E-state index contributed by atoms with van der Waals surface area (Å²) in [6, 6.07) is 10.0. The molecule has 1 heterocycles. The molecule has 0 bridgehead atoms. The lowest BCUT2D eigenvalue weighted by Crippen LogP contribution is -2.03. The van der Waals surface area contributed by atoms with Gasteiger partial charge in [0.15, 0.2) is 0 Å². The van der Waals surface area contributed by atoms with E-state index in [0.29, 0.717) is 28.5 Å². The summed E-state index contributed by atoms with van der Waals surface area (Å²) in [4.78, 5) is 8.71. The van der Waals surface area contributed by atoms with E-state index in [-0.39, 0.29) is 0 Å². The molecule has 0 amide bonds. The highest BCUT2D eigenvalue weighted by molar-refractivity contribution is 9.10. The third-order valence-corrected chi connectivity index (χ3v) is 3.75. The minimum absolute atomic E-state index is 0.407. The number of halogens is 2. The van der Waals surface area contributed by atoms with Gasteiger partial charge in [0, 0.05) is 13.5 Å². The van der Waals surface area contributed by atoms with Gasteiger partial charge in [0.2, 0.25) is 0 Å². The quantitative estimate of drug-likeness (QED) is 0.804. The number of ether oxygens (including phenoxy) is 1. The highest BCUT2D eigenvalue weighted by Gasteiger charge is 2.10. The average molecular weight is 328 g/mol. The van der Waals surface area contributed by atoms with Crippen LogP contribution in [0.2, 0.25) is 5.15 Å². The van der Waals surface area contributed by atoms with Crippen molar-refractivity contribution in [2.45, 2.75) is 13.0 Å². The molecule has 0 radical (unpaired) electrons. The van der Waals surface area contributed by atoms with Gasteiger partial charge in [-0.2, -0.15) is 0 Å². The minimum Gasteiger partial charge on any atom is -0.378 e. The molecule has 0 N–H and O–H groups in total. The van der Waals surface area contributed by atoms with Gasteiger partial charge >= 0.3 is 0 Å². The molecule has 1 aromatic carbocycles. The Hall–Kier alpha value is -0.970. The lowest BCUT2D eigenvalue weighted by molar-refractivity contribution is 0.180. The summed E-state index contributed by atoms with van der Waals surface area (Å²) < 4.78 is 5.79. The third kappa shape index (κ3) is 3.28. The van der Waals surface area contributed by atoms with Crippen molar-refractivity contribution in [1.29, 1.82) is 0 Å². The van der Waals surface area contributed by atoms with Crippen LogP contribution < -0.4 is 0 Å². The van der Waals surface area contributed by atoms with Gasteiger partial charge in [-0.15, -0.1) is 0 Å². The normalized spacial score (nSPS) is 10.6. The Bertz CT molecular complexity index is 534. The highest BCUT2D eigenvalue weighted by Crippen LogP contribution is 2.24. The second kappa shape index (κ2) is 6.27. The van der Waals surface area contributed by atoms with Crippen LogP contribution in [0.5, 0.6) is 0 Å². The van der Waals surface area contributed by atoms with Crippen molar-refractivity contribution in [3.8, 4) is 0 Å². The lowest BCUT2D eigenvalue weighted by Gasteiger charge is -2.07. The number of rotatable bonds is 4. The van der Waals surface area contributed by atoms with E-state index in [0.717, 1.165) is 11.3 Å². The van der Waals surface area contributed by atoms with Crippen LogP contribution in [-0.4, -0.2) is 17.1 Å². The summed E-state index contributed by atoms with van der Waals surface area (Å²) in [6.45, 7) is 0.407. The lowest BCUT2D eigenvalue weighted by atomic mass is 10.1. The van der Waals surface area contributed by atoms with Crippen molar-refractivity contribution >= 4 is 27.5 Å². The Morgan fingerprint density at radius 1 is 1.22 bits per heavy atom. The number of hydrogen-bond acceptors (Lipinski definition) is 3. The third-order valence-electron chi connectivity index (χ3n) is 2.41. The first-order chi connectivity index (χ1) is 8.70. The predicted octanol–water partition coefficient (Wildman–Crippen LogP) is 3.63. The van der Waals surface area contributed by atoms with Crippen LogP contribution >= 0.6 is 27.5 Å². The van der Waals surface area contributed by atoms with Crippen molar-refractivity contribution in [2.24, 2.45) is 0 Å². The van der Waals surface area contributed by atoms with Crippen LogP contribution in [0, 0.1) is 0 Å². The fourth-order valence-electron chi connectivity index (χ4n) is 1.60. The van der Waals surface area contributed by atoms with E-state index >= 15 is 0 Å². The number of nitrogens with zero attached hydrogens (tertiary/aromatic N) is 2. The fraction of sp³-hybridized carbons (Fsp3) is 0.231. The van der Waals surface area contributed by atoms with Gasteiger partial charge in [-0.25, -0.2) is 9.97 Å². The summed E-state index contributed by atoms with van der Waals surface area (Å²) >= 11 is 9.43. The Balaban J connectivity index is 2.28. The first kappa shape index (κ1) is 13.5. The Morgan fingerprint density at radius 3 is 2.61 bits per heavy atom. The second-order valence-electron chi connectivity index (χ2n) is 3.79. The Morgan fingerprint density at radius 2 is 1.94 bits per heavy atom. The standard InChI is InChI=1S/C13H12BrClN2O/c1-18-8-10-12(14)13(15)17-11(16-10)7-9-5-3-2-4-6-9/h2-6H,7-8H2,1H3. The predicted molar refractivity (Wildman–Crippen MR) is 74.7 cm³/mol. The van der Waals surface area contributed by atoms with Gasteiger partial charge in [-0.3, -0.25) is 0 Å². The topological polar surface area (TPSA) is 35.0 Å². The van der Waals surface area contributed by atoms with E-state index in [4.69, 9.17) is 16.3 Å². The highest BCUT2D eigenvalue weighted by atomic mass is 79.9. The molecule has 3 nitrogen and oxygen atoms in total. The van der Waals surface area contributed by atoms with Crippen LogP contribution in [0.15, 0.2) is 34.8 Å². The van der Waals surface area contributed by atoms with Gasteiger partial charge < -0.3 is 4.74 Å². The van der Waals surface area contributed by atoms with Gasteiger partial charge in [0.25, 0.3) is 0 Å². The molecule has 0 unspecified atom stereocenters. The molecule has 1 aromatic heterocycles. The van der Waals surface area contributed by atoms with Gasteiger partial charge in [-0.05, 0) is 21.5 Å². The van der Waals surface area contributed by atoms with Crippen LogP contribution in [0.25, 0.3) is 0 Å². The molecule has 5 heteroatoms. The summed E-state index contributed by atoms with van der Waals surface area (Å²) in [5, 5.41) is 0.419. The van der Waals surface area contributed by atoms with Gasteiger partial charge in [-0.1, -0.05) is 41.9 Å². The summed E-state index contributed by atoms with van der Waals surface area (Å²) in [5.74, 6) is 0.696. The Labute approximate surface area is 119 Å². The number of methoxy groups -OCH3 is 1. The van der Waals surface area contributed by atoms with E-state index < -0.39 is 0 Å². The molecule has 0 atom stereocenters. The number of benzene rings is 1. The molecule has 2 rings (SSSR count). The van der Waals surface area contributed by atoms with E-state index in [1.54, 1.807) is 7.11 Å². The smallest absolute Gasteiger partial charge is 0.147 e. The van der Waals surface area contributed by atoms with Crippen molar-refractivity contribution in [3.63, 3.8) is 0 Å². The minimum atomic E-state index is 0.407. The molecule has 0 saturated carbocycles. The van der Waals surface area contributed by atoms with Crippen LogP contribution in [0.4, 0.5) is 0 Å². The fourth-order valence-corrected chi connectivity index (χ4v) is 2.10. The molecule has 0 aliphatic rings. The van der Waals surface area contributed by atoms with Gasteiger partial charge in [0.05, 0.1) is 16.8 Å². The molecule has 18 heavy (non-hydrogen) atoms. The molecule has 0 fully saturated rings. The maximum absolute atomic E-state index is 6.07. The number of hydrogen-bond donors (Lipinski definition) is 0. The second-order valence-corrected chi connectivity index (χ2v) is 4.94. The van der Waals surface area contributed by atoms with Crippen LogP contribution in [-0.2, 0) is 17.8 Å². The van der Waals surface area contributed by atoms with E-state index in [1.165, 1.54) is 0 Å². The number of aromatic nitrogens is 2. The SMILES string of the molecule is COCc1nc(Cc2ccccc2)nc(Cl)c1Br. The molecule has 2 aromatic rings. The zero-order valence-electron chi connectivity index (χ0n) is 9.86. The van der Waals surface area contributed by atoms with E-state index in [9.17, 15) is 0 Å². The first-order valence-electron chi connectivity index (χ1n) is 5.44. The van der Waals surface area contributed by atoms with E-state index in [1.807, 2.05) is 30.3 Å². The molecule has 0 spiro atoms. The summed E-state index contributed by atoms with van der Waals surface area (Å²) in [6.07, 6.45) is 0.657. The Kier molecular flexibility index (Phi) is 4.69. The molecular weight excluding hydrogens is 316 g/mol.